The van der Waals surface area contributed by atoms with Crippen LogP contribution in [0.5, 0.6) is 0 Å². The lowest BCUT2D eigenvalue weighted by molar-refractivity contribution is 0.110. The molecule has 0 radical (unpaired) electrons. The van der Waals surface area contributed by atoms with Crippen molar-refractivity contribution in [3.63, 3.8) is 0 Å². The Morgan fingerprint density at radius 1 is 1.17 bits per heavy atom. The van der Waals surface area contributed by atoms with Gasteiger partial charge in [-0.05, 0) is 56.0 Å². The van der Waals surface area contributed by atoms with Crippen LogP contribution < -0.4 is 5.32 Å². The number of piperidine rings is 1. The second kappa shape index (κ2) is 5.50. The van der Waals surface area contributed by atoms with Gasteiger partial charge in [-0.25, -0.2) is 0 Å². The van der Waals surface area contributed by atoms with Crippen LogP contribution in [0.4, 0.5) is 0 Å². The molecule has 18 heavy (non-hydrogen) atoms. The fraction of sp³-hybridized carbons (Fsp3) is 1.00. The highest BCUT2D eigenvalue weighted by Crippen LogP contribution is 2.41. The van der Waals surface area contributed by atoms with Crippen LogP contribution in [0.2, 0.25) is 0 Å². The first-order chi connectivity index (χ1) is 8.44. The molecule has 0 aromatic heterocycles. The van der Waals surface area contributed by atoms with E-state index in [1.807, 2.05) is 0 Å². The van der Waals surface area contributed by atoms with Crippen molar-refractivity contribution < 1.29 is 0 Å². The predicted octanol–water partition coefficient (Wildman–Crippen LogP) is 2.99. The second-order valence-electron chi connectivity index (χ2n) is 7.56. The molecule has 1 saturated heterocycles. The fourth-order valence-electron chi connectivity index (χ4n) is 4.19. The maximum Gasteiger partial charge on any atom is 0.0156 e. The van der Waals surface area contributed by atoms with E-state index in [1.165, 1.54) is 38.9 Å². The lowest BCUT2D eigenvalue weighted by Gasteiger charge is -2.38. The second-order valence-corrected chi connectivity index (χ2v) is 7.56. The van der Waals surface area contributed by atoms with E-state index in [4.69, 9.17) is 0 Å². The summed E-state index contributed by atoms with van der Waals surface area (Å²) < 4.78 is 0. The highest BCUT2D eigenvalue weighted by Gasteiger charge is 2.41. The lowest BCUT2D eigenvalue weighted by atomic mass is 9.84. The fourth-order valence-corrected chi connectivity index (χ4v) is 4.19. The Kier molecular flexibility index (Phi) is 4.38. The van der Waals surface area contributed by atoms with Gasteiger partial charge in [0.1, 0.15) is 0 Å². The van der Waals surface area contributed by atoms with Crippen molar-refractivity contribution in [1.29, 1.82) is 0 Å². The molecule has 1 aliphatic carbocycles. The van der Waals surface area contributed by atoms with Gasteiger partial charge in [-0.1, -0.05) is 27.7 Å². The summed E-state index contributed by atoms with van der Waals surface area (Å²) in [7, 11) is 2.14. The Morgan fingerprint density at radius 3 is 2.50 bits per heavy atom. The minimum Gasteiger partial charge on any atom is -0.316 e. The van der Waals surface area contributed by atoms with Crippen LogP contribution in [-0.2, 0) is 0 Å². The monoisotopic (exact) mass is 252 g/mol. The Labute approximate surface area is 114 Å². The number of nitrogens with one attached hydrogen (secondary N) is 1. The van der Waals surface area contributed by atoms with E-state index >= 15 is 0 Å². The Balaban J connectivity index is 1.90. The van der Waals surface area contributed by atoms with Gasteiger partial charge < -0.3 is 10.2 Å². The molecule has 0 aromatic carbocycles. The molecule has 2 rings (SSSR count). The normalized spacial score (nSPS) is 41.2. The minimum absolute atomic E-state index is 0.480. The third-order valence-electron chi connectivity index (χ3n) is 5.69. The first kappa shape index (κ1) is 14.3. The summed E-state index contributed by atoms with van der Waals surface area (Å²) in [6, 6.07) is 0.701. The van der Waals surface area contributed by atoms with Gasteiger partial charge in [0.2, 0.25) is 0 Å². The van der Waals surface area contributed by atoms with Gasteiger partial charge in [0.05, 0.1) is 0 Å². The van der Waals surface area contributed by atoms with Gasteiger partial charge in [0, 0.05) is 19.1 Å². The highest BCUT2D eigenvalue weighted by atomic mass is 15.1. The topological polar surface area (TPSA) is 15.3 Å². The van der Waals surface area contributed by atoms with Gasteiger partial charge in [-0.15, -0.1) is 0 Å². The van der Waals surface area contributed by atoms with Crippen LogP contribution in [0.1, 0.15) is 47.0 Å². The Hall–Kier alpha value is -0.0800. The van der Waals surface area contributed by atoms with Crippen LogP contribution in [0, 0.1) is 23.2 Å². The molecule has 2 nitrogen and oxygen atoms in total. The van der Waals surface area contributed by atoms with Crippen molar-refractivity contribution in [3.8, 4) is 0 Å². The zero-order valence-electron chi connectivity index (χ0n) is 13.0. The largest absolute Gasteiger partial charge is 0.316 e. The van der Waals surface area contributed by atoms with E-state index in [0.717, 1.165) is 17.8 Å². The molecule has 106 valence electrons. The van der Waals surface area contributed by atoms with Crippen LogP contribution in [0.25, 0.3) is 0 Å². The van der Waals surface area contributed by atoms with Gasteiger partial charge in [0.15, 0.2) is 0 Å². The quantitative estimate of drug-likeness (QED) is 0.831. The molecule has 4 atom stereocenters. The van der Waals surface area contributed by atoms with E-state index in [9.17, 15) is 0 Å². The molecule has 0 amide bonds. The standard InChI is InChI=1S/C16H32N2/c1-12-7-9-18(10-13(12)2)11-14-6-8-16(3,4)15(14)17-5/h12-15,17H,6-11H2,1-5H3. The van der Waals surface area contributed by atoms with E-state index in [0.29, 0.717) is 11.5 Å². The molecular formula is C16H32N2. The smallest absolute Gasteiger partial charge is 0.0156 e. The predicted molar refractivity (Wildman–Crippen MR) is 78.7 cm³/mol. The number of nitrogens with zero attached hydrogens (tertiary/aromatic N) is 1. The number of likely N-dealkylation sites (tertiary alicyclic amines) is 1. The Morgan fingerprint density at radius 2 is 1.89 bits per heavy atom. The molecule has 1 saturated carbocycles. The van der Waals surface area contributed by atoms with Crippen molar-refractivity contribution in [2.45, 2.75) is 53.0 Å². The molecule has 1 N–H and O–H groups in total. The van der Waals surface area contributed by atoms with Gasteiger partial charge in [-0.3, -0.25) is 0 Å². The van der Waals surface area contributed by atoms with E-state index < -0.39 is 0 Å². The minimum atomic E-state index is 0.480. The van der Waals surface area contributed by atoms with Crippen molar-refractivity contribution >= 4 is 0 Å². The summed E-state index contributed by atoms with van der Waals surface area (Å²) >= 11 is 0. The molecule has 1 aliphatic heterocycles. The Bertz CT molecular complexity index is 274. The average molecular weight is 252 g/mol. The maximum atomic E-state index is 3.59. The van der Waals surface area contributed by atoms with E-state index in [1.54, 1.807) is 0 Å². The van der Waals surface area contributed by atoms with Crippen molar-refractivity contribution in [2.24, 2.45) is 23.2 Å². The summed E-state index contributed by atoms with van der Waals surface area (Å²) in [6.07, 6.45) is 4.17. The summed E-state index contributed by atoms with van der Waals surface area (Å²) in [5.41, 5.74) is 0.480. The van der Waals surface area contributed by atoms with Crippen LogP contribution in [0.3, 0.4) is 0 Å². The van der Waals surface area contributed by atoms with Gasteiger partial charge in [-0.2, -0.15) is 0 Å². The van der Waals surface area contributed by atoms with Gasteiger partial charge in [0.25, 0.3) is 0 Å². The SMILES string of the molecule is CNC1C(CN2CCC(C)C(C)C2)CCC1(C)C. The summed E-state index contributed by atoms with van der Waals surface area (Å²) in [5.74, 6) is 2.65. The molecule has 0 spiro atoms. The molecule has 1 heterocycles. The summed E-state index contributed by atoms with van der Waals surface area (Å²) in [5, 5.41) is 3.59. The maximum absolute atomic E-state index is 3.59. The first-order valence-electron chi connectivity index (χ1n) is 7.83. The molecule has 0 aromatic rings. The first-order valence-corrected chi connectivity index (χ1v) is 7.83. The van der Waals surface area contributed by atoms with E-state index in [2.05, 4.69) is 45.0 Å². The number of rotatable bonds is 3. The molecule has 2 aliphatic rings. The lowest BCUT2D eigenvalue weighted by Crippen LogP contribution is -2.47. The van der Waals surface area contributed by atoms with Gasteiger partial charge >= 0.3 is 0 Å². The van der Waals surface area contributed by atoms with Crippen LogP contribution >= 0.6 is 0 Å². The molecule has 4 unspecified atom stereocenters. The highest BCUT2D eigenvalue weighted by molar-refractivity contribution is 4.96. The molecule has 0 bridgehead atoms. The summed E-state index contributed by atoms with van der Waals surface area (Å²) in [4.78, 5) is 2.72. The third-order valence-corrected chi connectivity index (χ3v) is 5.69. The zero-order valence-corrected chi connectivity index (χ0v) is 13.0. The van der Waals surface area contributed by atoms with E-state index in [-0.39, 0.29) is 0 Å². The zero-order chi connectivity index (χ0) is 13.3. The van der Waals surface area contributed by atoms with Crippen LogP contribution in [-0.4, -0.2) is 37.6 Å². The average Bonchev–Trinajstić information content (AvgIpc) is 2.59. The van der Waals surface area contributed by atoms with Crippen molar-refractivity contribution in [3.05, 3.63) is 0 Å². The van der Waals surface area contributed by atoms with Crippen molar-refractivity contribution in [2.75, 3.05) is 26.7 Å². The molecule has 2 heteroatoms. The third kappa shape index (κ3) is 2.91. The number of hydrogen-bond acceptors (Lipinski definition) is 2. The van der Waals surface area contributed by atoms with Crippen molar-refractivity contribution in [1.82, 2.24) is 10.2 Å². The van der Waals surface area contributed by atoms with Crippen LogP contribution in [0.15, 0.2) is 0 Å². The molecule has 2 fully saturated rings. The molecular weight excluding hydrogens is 220 g/mol. The summed E-state index contributed by atoms with van der Waals surface area (Å²) in [6.45, 7) is 13.6. The number of hydrogen-bond donors (Lipinski definition) is 1.